The topological polar surface area (TPSA) is 66.4 Å². The third-order valence-electron chi connectivity index (χ3n) is 3.23. The molecule has 1 aliphatic rings. The van der Waals surface area contributed by atoms with Crippen LogP contribution in [0, 0.1) is 6.92 Å². The Morgan fingerprint density at radius 1 is 1.28 bits per heavy atom. The average molecular weight is 245 g/mol. The number of aryl methyl sites for hydroxylation is 1. The maximum absolute atomic E-state index is 11.4. The Morgan fingerprint density at radius 3 is 2.50 bits per heavy atom. The fourth-order valence-electron chi connectivity index (χ4n) is 2.09. The van der Waals surface area contributed by atoms with Crippen molar-refractivity contribution in [1.29, 1.82) is 0 Å². The van der Waals surface area contributed by atoms with E-state index >= 15 is 0 Å². The molecule has 1 aliphatic carbocycles. The Hall–Kier alpha value is -2.10. The largest absolute Gasteiger partial charge is 0.478 e. The van der Waals surface area contributed by atoms with Crippen LogP contribution in [0.15, 0.2) is 29.5 Å². The number of hydrogen-bond donors (Lipinski definition) is 2. The number of carboxylic acid groups (broad SMARTS) is 1. The molecule has 0 aliphatic heterocycles. The van der Waals surface area contributed by atoms with E-state index in [9.17, 15) is 9.59 Å². The van der Waals surface area contributed by atoms with Crippen molar-refractivity contribution < 1.29 is 14.7 Å². The van der Waals surface area contributed by atoms with E-state index in [1.807, 2.05) is 6.92 Å². The zero-order valence-electron chi connectivity index (χ0n) is 10.4. The van der Waals surface area contributed by atoms with Gasteiger partial charge in [-0.2, -0.15) is 0 Å². The van der Waals surface area contributed by atoms with Crippen molar-refractivity contribution in [2.45, 2.75) is 26.7 Å². The first-order valence-electron chi connectivity index (χ1n) is 5.83. The first kappa shape index (κ1) is 12.4. The summed E-state index contributed by atoms with van der Waals surface area (Å²) in [6.07, 6.45) is 1.28. The summed E-state index contributed by atoms with van der Waals surface area (Å²) >= 11 is 0. The molecule has 2 rings (SSSR count). The fraction of sp³-hybridized carbons (Fsp3) is 0.286. The summed E-state index contributed by atoms with van der Waals surface area (Å²) in [6.45, 7) is 3.58. The number of anilines is 1. The quantitative estimate of drug-likeness (QED) is 0.859. The number of carbonyl (C=O) groups is 2. The Morgan fingerprint density at radius 2 is 2.00 bits per heavy atom. The molecule has 0 heterocycles. The summed E-state index contributed by atoms with van der Waals surface area (Å²) in [7, 11) is 0. The van der Waals surface area contributed by atoms with Gasteiger partial charge in [0.15, 0.2) is 5.78 Å². The highest BCUT2D eigenvalue weighted by Crippen LogP contribution is 2.25. The molecule has 4 heteroatoms. The Bertz CT molecular complexity index is 558. The molecule has 0 amide bonds. The Balaban J connectivity index is 2.24. The summed E-state index contributed by atoms with van der Waals surface area (Å²) in [5, 5.41) is 12.1. The van der Waals surface area contributed by atoms with Gasteiger partial charge in [0.2, 0.25) is 0 Å². The average Bonchev–Trinajstić information content (AvgIpc) is 2.61. The van der Waals surface area contributed by atoms with Crippen LogP contribution in [0.5, 0.6) is 0 Å². The highest BCUT2D eigenvalue weighted by molar-refractivity contribution is 5.98. The number of benzene rings is 1. The van der Waals surface area contributed by atoms with Crippen LogP contribution in [0.25, 0.3) is 0 Å². The zero-order valence-corrected chi connectivity index (χ0v) is 10.4. The zero-order chi connectivity index (χ0) is 13.3. The predicted molar refractivity (Wildman–Crippen MR) is 68.7 cm³/mol. The molecule has 94 valence electrons. The van der Waals surface area contributed by atoms with Gasteiger partial charge in [-0.1, -0.05) is 0 Å². The lowest BCUT2D eigenvalue weighted by Crippen LogP contribution is -2.03. The molecule has 0 radical (unpaired) electrons. The van der Waals surface area contributed by atoms with Gasteiger partial charge < -0.3 is 10.4 Å². The predicted octanol–water partition coefficient (Wildman–Crippen LogP) is 2.74. The van der Waals surface area contributed by atoms with Crippen LogP contribution in [-0.2, 0) is 4.79 Å². The van der Waals surface area contributed by atoms with Gasteiger partial charge in [-0.3, -0.25) is 4.79 Å². The van der Waals surface area contributed by atoms with Gasteiger partial charge in [-0.25, -0.2) is 4.79 Å². The molecule has 0 spiro atoms. The molecule has 0 saturated heterocycles. The van der Waals surface area contributed by atoms with Crippen molar-refractivity contribution in [1.82, 2.24) is 0 Å². The molecule has 18 heavy (non-hydrogen) atoms. The van der Waals surface area contributed by atoms with Crippen LogP contribution < -0.4 is 5.32 Å². The van der Waals surface area contributed by atoms with Crippen molar-refractivity contribution in [3.05, 3.63) is 40.6 Å². The monoisotopic (exact) mass is 245 g/mol. The first-order chi connectivity index (χ1) is 8.49. The number of ketones is 1. The maximum Gasteiger partial charge on any atom is 0.335 e. The third kappa shape index (κ3) is 2.27. The molecule has 0 unspecified atom stereocenters. The normalized spacial score (nSPS) is 15.1. The number of aromatic carboxylic acids is 1. The molecular formula is C14H15NO3. The van der Waals surface area contributed by atoms with Crippen LogP contribution in [0.2, 0.25) is 0 Å². The van der Waals surface area contributed by atoms with Crippen LogP contribution in [0.3, 0.4) is 0 Å². The molecule has 0 fully saturated rings. The molecule has 0 atom stereocenters. The lowest BCUT2D eigenvalue weighted by atomic mass is 10.1. The molecule has 2 N–H and O–H groups in total. The van der Waals surface area contributed by atoms with Gasteiger partial charge in [0.1, 0.15) is 0 Å². The van der Waals surface area contributed by atoms with Crippen molar-refractivity contribution in [2.75, 3.05) is 5.32 Å². The Labute approximate surface area is 105 Å². The standard InChI is InChI=1S/C14H15NO3/c1-8-7-10(3-4-11(8)14(17)18)15-12-5-6-13(16)9(12)2/h3-4,7,15H,5-6H2,1-2H3,(H,17,18). The fourth-order valence-corrected chi connectivity index (χ4v) is 2.09. The van der Waals surface area contributed by atoms with Crippen LogP contribution in [0.4, 0.5) is 5.69 Å². The lowest BCUT2D eigenvalue weighted by Gasteiger charge is -2.10. The number of allylic oxidation sites excluding steroid dienone is 2. The number of rotatable bonds is 3. The van der Waals surface area contributed by atoms with E-state index in [2.05, 4.69) is 5.32 Å². The second kappa shape index (κ2) is 4.64. The highest BCUT2D eigenvalue weighted by Gasteiger charge is 2.19. The van der Waals surface area contributed by atoms with Gasteiger partial charge in [0.25, 0.3) is 0 Å². The van der Waals surface area contributed by atoms with Crippen molar-refractivity contribution in [2.24, 2.45) is 0 Å². The maximum atomic E-state index is 11.4. The van der Waals surface area contributed by atoms with E-state index in [-0.39, 0.29) is 5.78 Å². The summed E-state index contributed by atoms with van der Waals surface area (Å²) in [6, 6.07) is 5.08. The number of nitrogens with one attached hydrogen (secondary N) is 1. The molecule has 0 saturated carbocycles. The van der Waals surface area contributed by atoms with Crippen molar-refractivity contribution in [3.8, 4) is 0 Å². The molecule has 1 aromatic carbocycles. The SMILES string of the molecule is CC1=C(Nc2ccc(C(=O)O)c(C)c2)CCC1=O. The van der Waals surface area contributed by atoms with Gasteiger partial charge in [0, 0.05) is 23.4 Å². The lowest BCUT2D eigenvalue weighted by molar-refractivity contribution is -0.114. The number of carbonyl (C=O) groups excluding carboxylic acids is 1. The third-order valence-corrected chi connectivity index (χ3v) is 3.23. The van der Waals surface area contributed by atoms with Crippen molar-refractivity contribution in [3.63, 3.8) is 0 Å². The van der Waals surface area contributed by atoms with E-state index in [0.29, 0.717) is 17.5 Å². The summed E-state index contributed by atoms with van der Waals surface area (Å²) in [5.41, 5.74) is 3.53. The van der Waals surface area contributed by atoms with Crippen molar-refractivity contribution >= 4 is 17.4 Å². The summed E-state index contributed by atoms with van der Waals surface area (Å²) in [5.74, 6) is -0.748. The van der Waals surface area contributed by atoms with Gasteiger partial charge in [0.05, 0.1) is 5.56 Å². The van der Waals surface area contributed by atoms with Crippen LogP contribution in [-0.4, -0.2) is 16.9 Å². The smallest absolute Gasteiger partial charge is 0.335 e. The van der Waals surface area contributed by atoms with Gasteiger partial charge in [-0.15, -0.1) is 0 Å². The minimum absolute atomic E-state index is 0.177. The minimum atomic E-state index is -0.925. The summed E-state index contributed by atoms with van der Waals surface area (Å²) < 4.78 is 0. The second-order valence-electron chi connectivity index (χ2n) is 4.49. The van der Waals surface area contributed by atoms with E-state index in [1.165, 1.54) is 0 Å². The number of Topliss-reactive ketones (excluding diaryl/α,β-unsaturated/α-hetero) is 1. The molecule has 1 aromatic rings. The first-order valence-corrected chi connectivity index (χ1v) is 5.83. The van der Waals surface area contributed by atoms with E-state index in [1.54, 1.807) is 25.1 Å². The Kier molecular flexibility index (Phi) is 3.19. The molecular weight excluding hydrogens is 230 g/mol. The molecule has 0 bridgehead atoms. The van der Waals surface area contributed by atoms with Crippen LogP contribution >= 0.6 is 0 Å². The van der Waals surface area contributed by atoms with Gasteiger partial charge >= 0.3 is 5.97 Å². The van der Waals surface area contributed by atoms with E-state index in [4.69, 9.17) is 5.11 Å². The minimum Gasteiger partial charge on any atom is -0.478 e. The number of carboxylic acids is 1. The highest BCUT2D eigenvalue weighted by atomic mass is 16.4. The second-order valence-corrected chi connectivity index (χ2v) is 4.49. The number of hydrogen-bond acceptors (Lipinski definition) is 3. The molecule has 0 aromatic heterocycles. The van der Waals surface area contributed by atoms with E-state index in [0.717, 1.165) is 23.4 Å². The van der Waals surface area contributed by atoms with E-state index < -0.39 is 5.97 Å². The summed E-state index contributed by atoms with van der Waals surface area (Å²) in [4.78, 5) is 22.3. The molecule has 4 nitrogen and oxygen atoms in total. The van der Waals surface area contributed by atoms with Gasteiger partial charge in [-0.05, 0) is 44.0 Å². The van der Waals surface area contributed by atoms with Crippen LogP contribution in [0.1, 0.15) is 35.7 Å².